The Hall–Kier alpha value is -2.31. The molecule has 0 saturated heterocycles. The van der Waals surface area contributed by atoms with Crippen LogP contribution in [0.4, 0.5) is 5.82 Å². The van der Waals surface area contributed by atoms with Crippen molar-refractivity contribution in [2.24, 2.45) is 12.8 Å². The number of nitrogens with two attached hydrogens (primary N) is 1. The molecule has 94 valence electrons. The van der Waals surface area contributed by atoms with Gasteiger partial charge in [-0.05, 0) is 6.42 Å². The number of aryl methyl sites for hydroxylation is 1. The Bertz CT molecular complexity index is 598. The fraction of sp³-hybridized carbons (Fsp3) is 0.364. The van der Waals surface area contributed by atoms with E-state index in [9.17, 15) is 4.79 Å². The van der Waals surface area contributed by atoms with Gasteiger partial charge in [-0.15, -0.1) is 0 Å². The standard InChI is InChI=1S/C11H14N6O/c1-16-6-7(4-14-16)9-2-3-13-11-8(10(12)18)5-15-17(9)11/h4-6,9,13H,2-3H2,1H3,(H2,12,18). The summed E-state index contributed by atoms with van der Waals surface area (Å²) in [5, 5.41) is 11.6. The Balaban J connectivity index is 2.05. The number of carbonyl (C=O) groups is 1. The molecule has 2 aromatic heterocycles. The highest BCUT2D eigenvalue weighted by Gasteiger charge is 2.26. The van der Waals surface area contributed by atoms with Crippen molar-refractivity contribution in [2.75, 3.05) is 11.9 Å². The molecule has 0 aliphatic carbocycles. The summed E-state index contributed by atoms with van der Waals surface area (Å²) in [7, 11) is 1.88. The van der Waals surface area contributed by atoms with Gasteiger partial charge in [0.05, 0.1) is 18.4 Å². The highest BCUT2D eigenvalue weighted by atomic mass is 16.1. The van der Waals surface area contributed by atoms with Crippen LogP contribution in [0.3, 0.4) is 0 Å². The molecule has 1 aliphatic heterocycles. The maximum absolute atomic E-state index is 11.3. The van der Waals surface area contributed by atoms with E-state index in [1.165, 1.54) is 6.20 Å². The minimum absolute atomic E-state index is 0.100. The van der Waals surface area contributed by atoms with Crippen molar-refractivity contribution >= 4 is 11.7 Å². The Morgan fingerprint density at radius 1 is 1.50 bits per heavy atom. The summed E-state index contributed by atoms with van der Waals surface area (Å²) in [4.78, 5) is 11.3. The van der Waals surface area contributed by atoms with Crippen molar-refractivity contribution in [2.45, 2.75) is 12.5 Å². The van der Waals surface area contributed by atoms with Crippen LogP contribution < -0.4 is 11.1 Å². The van der Waals surface area contributed by atoms with Crippen LogP contribution in [0.15, 0.2) is 18.6 Å². The summed E-state index contributed by atoms with van der Waals surface area (Å²) in [6.45, 7) is 0.783. The number of rotatable bonds is 2. The number of hydrogen-bond donors (Lipinski definition) is 2. The molecular formula is C11H14N6O. The summed E-state index contributed by atoms with van der Waals surface area (Å²) in [6.07, 6.45) is 6.20. The average molecular weight is 246 g/mol. The molecule has 0 radical (unpaired) electrons. The summed E-state index contributed by atoms with van der Waals surface area (Å²) >= 11 is 0. The minimum Gasteiger partial charge on any atom is -0.369 e. The first kappa shape index (κ1) is 10.8. The molecule has 0 saturated carbocycles. The van der Waals surface area contributed by atoms with E-state index in [2.05, 4.69) is 15.5 Å². The van der Waals surface area contributed by atoms with Gasteiger partial charge in [-0.2, -0.15) is 10.2 Å². The highest BCUT2D eigenvalue weighted by molar-refractivity contribution is 5.97. The Morgan fingerprint density at radius 3 is 3.00 bits per heavy atom. The normalized spacial score (nSPS) is 18.2. The number of anilines is 1. The van der Waals surface area contributed by atoms with Gasteiger partial charge in [0.1, 0.15) is 11.4 Å². The van der Waals surface area contributed by atoms with Crippen LogP contribution in [0.25, 0.3) is 0 Å². The van der Waals surface area contributed by atoms with Gasteiger partial charge >= 0.3 is 0 Å². The smallest absolute Gasteiger partial charge is 0.254 e. The number of fused-ring (bicyclic) bond motifs is 1. The van der Waals surface area contributed by atoms with E-state index >= 15 is 0 Å². The molecule has 3 heterocycles. The summed E-state index contributed by atoms with van der Waals surface area (Å²) < 4.78 is 3.57. The SMILES string of the molecule is Cn1cc(C2CCNc3c(C(N)=O)cnn32)cn1. The molecular weight excluding hydrogens is 232 g/mol. The maximum atomic E-state index is 11.3. The van der Waals surface area contributed by atoms with Crippen LogP contribution in [0.2, 0.25) is 0 Å². The topological polar surface area (TPSA) is 90.8 Å². The van der Waals surface area contributed by atoms with E-state index in [0.29, 0.717) is 11.4 Å². The number of nitrogens with one attached hydrogen (secondary N) is 1. The third kappa shape index (κ3) is 1.55. The molecule has 0 bridgehead atoms. The van der Waals surface area contributed by atoms with Crippen LogP contribution in [-0.2, 0) is 7.05 Å². The van der Waals surface area contributed by atoms with Crippen LogP contribution in [-0.4, -0.2) is 32.0 Å². The third-order valence-electron chi connectivity index (χ3n) is 3.18. The lowest BCUT2D eigenvalue weighted by Gasteiger charge is -2.25. The first-order valence-corrected chi connectivity index (χ1v) is 5.76. The van der Waals surface area contributed by atoms with Crippen molar-refractivity contribution in [3.05, 3.63) is 29.7 Å². The lowest BCUT2D eigenvalue weighted by Crippen LogP contribution is -2.25. The minimum atomic E-state index is -0.462. The molecule has 0 spiro atoms. The van der Waals surface area contributed by atoms with E-state index in [4.69, 9.17) is 5.73 Å². The van der Waals surface area contributed by atoms with E-state index in [-0.39, 0.29) is 6.04 Å². The Morgan fingerprint density at radius 2 is 2.33 bits per heavy atom. The molecule has 18 heavy (non-hydrogen) atoms. The number of amides is 1. The van der Waals surface area contributed by atoms with Crippen molar-refractivity contribution in [1.29, 1.82) is 0 Å². The molecule has 1 atom stereocenters. The van der Waals surface area contributed by atoms with Crippen molar-refractivity contribution in [3.63, 3.8) is 0 Å². The predicted molar refractivity (Wildman–Crippen MR) is 65.2 cm³/mol. The molecule has 3 N–H and O–H groups in total. The van der Waals surface area contributed by atoms with Crippen molar-refractivity contribution in [3.8, 4) is 0 Å². The third-order valence-corrected chi connectivity index (χ3v) is 3.18. The lowest BCUT2D eigenvalue weighted by atomic mass is 10.1. The van der Waals surface area contributed by atoms with Gasteiger partial charge in [-0.1, -0.05) is 0 Å². The van der Waals surface area contributed by atoms with Crippen LogP contribution in [0.5, 0.6) is 0 Å². The van der Waals surface area contributed by atoms with Gasteiger partial charge in [-0.3, -0.25) is 9.48 Å². The fourth-order valence-corrected chi connectivity index (χ4v) is 2.32. The van der Waals surface area contributed by atoms with Gasteiger partial charge in [0, 0.05) is 25.4 Å². The number of primary amides is 1. The lowest BCUT2D eigenvalue weighted by molar-refractivity contribution is 0.100. The molecule has 7 heteroatoms. The molecule has 7 nitrogen and oxygen atoms in total. The summed E-state index contributed by atoms with van der Waals surface area (Å²) in [6, 6.07) is 0.100. The fourth-order valence-electron chi connectivity index (χ4n) is 2.32. The molecule has 1 aliphatic rings. The summed E-state index contributed by atoms with van der Waals surface area (Å²) in [5.41, 5.74) is 6.84. The average Bonchev–Trinajstić information content (AvgIpc) is 2.94. The first-order valence-electron chi connectivity index (χ1n) is 5.76. The molecule has 2 aromatic rings. The second kappa shape index (κ2) is 3.86. The molecule has 1 amide bonds. The second-order valence-corrected chi connectivity index (χ2v) is 4.39. The zero-order valence-electron chi connectivity index (χ0n) is 10.00. The van der Waals surface area contributed by atoms with Crippen molar-refractivity contribution in [1.82, 2.24) is 19.6 Å². The Labute approximate surface area is 104 Å². The van der Waals surface area contributed by atoms with Crippen LogP contribution >= 0.6 is 0 Å². The zero-order chi connectivity index (χ0) is 12.7. The van der Waals surface area contributed by atoms with E-state index in [1.807, 2.05) is 19.4 Å². The van der Waals surface area contributed by atoms with Gasteiger partial charge in [0.2, 0.25) is 0 Å². The molecule has 1 unspecified atom stereocenters. The predicted octanol–water partition coefficient (Wildman–Crippen LogP) is 0.120. The Kier molecular flexibility index (Phi) is 2.32. The number of hydrogen-bond acceptors (Lipinski definition) is 4. The summed E-state index contributed by atoms with van der Waals surface area (Å²) in [5.74, 6) is 0.234. The van der Waals surface area contributed by atoms with E-state index in [1.54, 1.807) is 9.36 Å². The van der Waals surface area contributed by atoms with E-state index in [0.717, 1.165) is 18.5 Å². The van der Waals surface area contributed by atoms with Gasteiger partial charge in [0.25, 0.3) is 5.91 Å². The highest BCUT2D eigenvalue weighted by Crippen LogP contribution is 2.30. The van der Waals surface area contributed by atoms with Crippen molar-refractivity contribution < 1.29 is 4.79 Å². The molecule has 3 rings (SSSR count). The van der Waals surface area contributed by atoms with Gasteiger partial charge in [-0.25, -0.2) is 4.68 Å². The van der Waals surface area contributed by atoms with Gasteiger partial charge < -0.3 is 11.1 Å². The number of carbonyl (C=O) groups excluding carboxylic acids is 1. The van der Waals surface area contributed by atoms with Crippen LogP contribution in [0.1, 0.15) is 28.4 Å². The first-order chi connectivity index (χ1) is 8.66. The van der Waals surface area contributed by atoms with Crippen LogP contribution in [0, 0.1) is 0 Å². The maximum Gasteiger partial charge on any atom is 0.254 e. The quantitative estimate of drug-likeness (QED) is 0.787. The largest absolute Gasteiger partial charge is 0.369 e. The molecule has 0 aromatic carbocycles. The zero-order valence-corrected chi connectivity index (χ0v) is 10.00. The number of aromatic nitrogens is 4. The monoisotopic (exact) mass is 246 g/mol. The molecule has 0 fully saturated rings. The van der Waals surface area contributed by atoms with E-state index < -0.39 is 5.91 Å². The second-order valence-electron chi connectivity index (χ2n) is 4.39. The number of nitrogens with zero attached hydrogens (tertiary/aromatic N) is 4. The van der Waals surface area contributed by atoms with Gasteiger partial charge in [0.15, 0.2) is 0 Å².